The second-order valence-corrected chi connectivity index (χ2v) is 11.8. The van der Waals surface area contributed by atoms with Gasteiger partial charge in [-0.2, -0.15) is 0 Å². The summed E-state index contributed by atoms with van der Waals surface area (Å²) in [6.45, 7) is 4.85. The standard InChI is InChI=1S/C29H26ClFN6O3S/c1-15-9-20(16(2)37-14-32-26-23(37)8-7-22(30)24(26)27(38)34-41(4)40)25-21(10-15)28(39)35(3)29(33-25)36-12-17-5-6-19(31)11-18(17)13-36/h5-11,14,16H,12-13H2,1-4H3,(H,34,38). The lowest BCUT2D eigenvalue weighted by molar-refractivity contribution is 0.0984. The number of aryl methyl sites for hydroxylation is 1. The maximum absolute atomic E-state index is 13.9. The van der Waals surface area contributed by atoms with E-state index in [1.807, 2.05) is 35.4 Å². The SMILES string of the molecule is Cc1cc(C(C)n2cnc3c(C(=O)NS(C)=O)c(Cl)ccc32)c2nc(N3Cc4ccc(F)cc4C3)n(C)c(=O)c2c1. The Hall–Kier alpha value is -4.09. The van der Waals surface area contributed by atoms with Crippen molar-refractivity contribution in [3.05, 3.63) is 97.8 Å². The van der Waals surface area contributed by atoms with Crippen LogP contribution in [0.3, 0.4) is 0 Å². The summed E-state index contributed by atoms with van der Waals surface area (Å²) in [5.74, 6) is -0.387. The number of carbonyl (C=O) groups excluding carboxylic acids is 1. The first kappa shape index (κ1) is 27.1. The van der Waals surface area contributed by atoms with Crippen molar-refractivity contribution in [2.45, 2.75) is 33.0 Å². The van der Waals surface area contributed by atoms with E-state index in [1.54, 1.807) is 31.6 Å². The van der Waals surface area contributed by atoms with Crippen LogP contribution >= 0.6 is 11.6 Å². The molecule has 1 N–H and O–H groups in total. The molecule has 0 fully saturated rings. The van der Waals surface area contributed by atoms with E-state index >= 15 is 0 Å². The first-order valence-electron chi connectivity index (χ1n) is 12.9. The quantitative estimate of drug-likeness (QED) is 0.322. The molecule has 3 heterocycles. The highest BCUT2D eigenvalue weighted by Gasteiger charge is 2.26. The van der Waals surface area contributed by atoms with E-state index in [-0.39, 0.29) is 28.0 Å². The second-order valence-electron chi connectivity index (χ2n) is 10.3. The number of nitrogens with one attached hydrogen (secondary N) is 1. The van der Waals surface area contributed by atoms with Gasteiger partial charge in [0, 0.05) is 32.0 Å². The van der Waals surface area contributed by atoms with Crippen LogP contribution in [-0.4, -0.2) is 35.5 Å². The highest BCUT2D eigenvalue weighted by molar-refractivity contribution is 7.82. The number of benzene rings is 3. The molecule has 12 heteroatoms. The normalized spacial score (nSPS) is 14.4. The summed E-state index contributed by atoms with van der Waals surface area (Å²) in [6, 6.07) is 11.6. The van der Waals surface area contributed by atoms with Gasteiger partial charge in [-0.05, 0) is 60.9 Å². The van der Waals surface area contributed by atoms with Crippen LogP contribution in [0.2, 0.25) is 5.02 Å². The molecule has 210 valence electrons. The molecule has 0 saturated carbocycles. The summed E-state index contributed by atoms with van der Waals surface area (Å²) in [5, 5.41) is 0.680. The largest absolute Gasteiger partial charge is 0.333 e. The number of aromatic nitrogens is 4. The van der Waals surface area contributed by atoms with Crippen LogP contribution in [-0.2, 0) is 31.1 Å². The lowest BCUT2D eigenvalue weighted by Gasteiger charge is -2.22. The van der Waals surface area contributed by atoms with Crippen LogP contribution in [0.15, 0.2) is 53.6 Å². The summed E-state index contributed by atoms with van der Waals surface area (Å²) in [4.78, 5) is 37.9. The summed E-state index contributed by atoms with van der Waals surface area (Å²) >= 11 is 6.36. The maximum Gasteiger partial charge on any atom is 0.266 e. The van der Waals surface area contributed by atoms with Gasteiger partial charge >= 0.3 is 0 Å². The van der Waals surface area contributed by atoms with Crippen molar-refractivity contribution in [2.24, 2.45) is 7.05 Å². The van der Waals surface area contributed by atoms with E-state index < -0.39 is 16.9 Å². The van der Waals surface area contributed by atoms with Crippen LogP contribution in [0.5, 0.6) is 0 Å². The zero-order valence-corrected chi connectivity index (χ0v) is 24.3. The number of hydrogen-bond acceptors (Lipinski definition) is 6. The molecule has 2 unspecified atom stereocenters. The van der Waals surface area contributed by atoms with E-state index in [0.29, 0.717) is 41.0 Å². The van der Waals surface area contributed by atoms with Crippen LogP contribution in [0.1, 0.15) is 45.6 Å². The van der Waals surface area contributed by atoms with Gasteiger partial charge in [-0.1, -0.05) is 23.7 Å². The minimum absolute atomic E-state index is 0.138. The van der Waals surface area contributed by atoms with E-state index in [1.165, 1.54) is 23.0 Å². The van der Waals surface area contributed by atoms with Crippen LogP contribution < -0.4 is 15.2 Å². The number of anilines is 1. The predicted molar refractivity (Wildman–Crippen MR) is 158 cm³/mol. The molecule has 41 heavy (non-hydrogen) atoms. The molecule has 0 radical (unpaired) electrons. The van der Waals surface area contributed by atoms with Crippen LogP contribution in [0.25, 0.3) is 21.9 Å². The van der Waals surface area contributed by atoms with Gasteiger partial charge in [0.15, 0.2) is 0 Å². The van der Waals surface area contributed by atoms with Crippen molar-refractivity contribution in [3.63, 3.8) is 0 Å². The van der Waals surface area contributed by atoms with E-state index in [0.717, 1.165) is 22.3 Å². The van der Waals surface area contributed by atoms with Gasteiger partial charge < -0.3 is 9.47 Å². The van der Waals surface area contributed by atoms with Crippen molar-refractivity contribution in [1.29, 1.82) is 0 Å². The Kier molecular flexibility index (Phi) is 6.66. The molecule has 0 bridgehead atoms. The number of halogens is 2. The minimum Gasteiger partial charge on any atom is -0.333 e. The fraction of sp³-hybridized carbons (Fsp3) is 0.241. The van der Waals surface area contributed by atoms with Gasteiger partial charge in [0.05, 0.1) is 39.4 Å². The molecular formula is C29H26ClFN6O3S. The zero-order valence-electron chi connectivity index (χ0n) is 22.7. The molecule has 6 rings (SSSR count). The molecule has 1 aliphatic rings. The molecule has 1 aliphatic heterocycles. The molecule has 3 aromatic carbocycles. The summed E-state index contributed by atoms with van der Waals surface area (Å²) < 4.78 is 31.3. The number of carbonyl (C=O) groups is 1. The minimum atomic E-state index is -1.57. The highest BCUT2D eigenvalue weighted by atomic mass is 35.5. The Morgan fingerprint density at radius 2 is 1.88 bits per heavy atom. The molecule has 2 aromatic heterocycles. The van der Waals surface area contributed by atoms with Gasteiger partial charge in [0.25, 0.3) is 11.5 Å². The van der Waals surface area contributed by atoms with Crippen molar-refractivity contribution in [3.8, 4) is 0 Å². The van der Waals surface area contributed by atoms with Gasteiger partial charge in [-0.15, -0.1) is 0 Å². The summed E-state index contributed by atoms with van der Waals surface area (Å²) in [5.41, 5.74) is 5.08. The molecule has 9 nitrogen and oxygen atoms in total. The Morgan fingerprint density at radius 3 is 2.63 bits per heavy atom. The average molecular weight is 593 g/mol. The van der Waals surface area contributed by atoms with Gasteiger partial charge in [-0.25, -0.2) is 18.6 Å². The fourth-order valence-electron chi connectivity index (χ4n) is 5.58. The Labute approximate surface area is 242 Å². The van der Waals surface area contributed by atoms with Crippen molar-refractivity contribution in [1.82, 2.24) is 23.8 Å². The third-order valence-electron chi connectivity index (χ3n) is 7.53. The number of hydrogen-bond donors (Lipinski definition) is 1. The number of imidazole rings is 1. The van der Waals surface area contributed by atoms with E-state index in [9.17, 15) is 18.2 Å². The summed E-state index contributed by atoms with van der Waals surface area (Å²) in [6.07, 6.45) is 2.98. The number of rotatable bonds is 5. The highest BCUT2D eigenvalue weighted by Crippen LogP contribution is 2.33. The molecule has 2 atom stereocenters. The number of amides is 1. The smallest absolute Gasteiger partial charge is 0.266 e. The maximum atomic E-state index is 13.9. The molecule has 0 saturated heterocycles. The molecule has 5 aromatic rings. The second kappa shape index (κ2) is 10.1. The Morgan fingerprint density at radius 1 is 1.12 bits per heavy atom. The first-order valence-corrected chi connectivity index (χ1v) is 14.8. The van der Waals surface area contributed by atoms with Crippen molar-refractivity contribution < 1.29 is 13.4 Å². The van der Waals surface area contributed by atoms with Gasteiger partial charge in [-0.3, -0.25) is 18.9 Å². The average Bonchev–Trinajstić information content (AvgIpc) is 3.53. The molecule has 1 amide bonds. The number of fused-ring (bicyclic) bond motifs is 3. The molecule has 0 spiro atoms. The van der Waals surface area contributed by atoms with Gasteiger partial charge in [0.2, 0.25) is 5.95 Å². The van der Waals surface area contributed by atoms with Crippen molar-refractivity contribution >= 4 is 56.4 Å². The third-order valence-corrected chi connectivity index (χ3v) is 8.32. The lowest BCUT2D eigenvalue weighted by Crippen LogP contribution is -2.28. The molecular weight excluding hydrogens is 567 g/mol. The van der Waals surface area contributed by atoms with Crippen LogP contribution in [0, 0.1) is 12.7 Å². The zero-order chi connectivity index (χ0) is 29.2. The monoisotopic (exact) mass is 592 g/mol. The lowest BCUT2D eigenvalue weighted by atomic mass is 10.0. The van der Waals surface area contributed by atoms with Crippen molar-refractivity contribution in [2.75, 3.05) is 11.2 Å². The van der Waals surface area contributed by atoms with Crippen LogP contribution in [0.4, 0.5) is 10.3 Å². The first-order chi connectivity index (χ1) is 19.5. The fourth-order valence-corrected chi connectivity index (χ4v) is 6.18. The third kappa shape index (κ3) is 4.58. The number of nitrogens with zero attached hydrogens (tertiary/aromatic N) is 5. The predicted octanol–water partition coefficient (Wildman–Crippen LogP) is 4.54. The Balaban J connectivity index is 1.49. The molecule has 0 aliphatic carbocycles. The Bertz CT molecular complexity index is 1990. The summed E-state index contributed by atoms with van der Waals surface area (Å²) in [7, 11) is 0.122. The van der Waals surface area contributed by atoms with E-state index in [2.05, 4.69) is 9.71 Å². The van der Waals surface area contributed by atoms with E-state index in [4.69, 9.17) is 16.6 Å². The van der Waals surface area contributed by atoms with Gasteiger partial charge in [0.1, 0.15) is 22.3 Å². The topological polar surface area (TPSA) is 102 Å².